The fraction of sp³-hybridized carbons (Fsp3) is 0.800. The summed E-state index contributed by atoms with van der Waals surface area (Å²) in [6, 6.07) is 0. The highest BCUT2D eigenvalue weighted by molar-refractivity contribution is 6.14. The second-order valence-corrected chi connectivity index (χ2v) is 4.66. The number of allylic oxidation sites excluding steroid dienone is 2. The van der Waals surface area contributed by atoms with Gasteiger partial charge in [-0.25, -0.2) is 0 Å². The van der Waals surface area contributed by atoms with Crippen molar-refractivity contribution in [1.29, 1.82) is 0 Å². The van der Waals surface area contributed by atoms with Crippen molar-refractivity contribution in [1.82, 2.24) is 0 Å². The van der Waals surface area contributed by atoms with Crippen LogP contribution in [0.1, 0.15) is 33.6 Å². The van der Waals surface area contributed by atoms with Gasteiger partial charge < -0.3 is 0 Å². The molecule has 2 aliphatic rings. The first-order chi connectivity index (χ1) is 6.04. The van der Waals surface area contributed by atoms with E-state index in [2.05, 4.69) is 38.6 Å². The molecule has 13 heavy (non-hydrogen) atoms. The molecule has 0 aromatic rings. The molecule has 0 heterocycles. The van der Waals surface area contributed by atoms with Gasteiger partial charge in [-0.3, -0.25) is 0 Å². The Labute approximate surface area is 84.4 Å². The molecule has 1 saturated carbocycles. The molecule has 0 N–H and O–H groups in total. The molecular weight excluding hydrogens is 186 g/mol. The Balaban J connectivity index is 0.000000251. The molecule has 0 aromatic carbocycles. The molecule has 2 aliphatic carbocycles. The van der Waals surface area contributed by atoms with E-state index in [9.17, 15) is 0 Å². The summed E-state index contributed by atoms with van der Waals surface area (Å²) in [6.07, 6.45) is 5.35. The number of hydrogen-bond acceptors (Lipinski definition) is 2. The smallest absolute Gasteiger partial charge is 0.0835 e. The maximum Gasteiger partial charge on any atom is 0.0835 e. The van der Waals surface area contributed by atoms with Crippen LogP contribution in [0.2, 0.25) is 0 Å². The molecule has 3 heteroatoms. The summed E-state index contributed by atoms with van der Waals surface area (Å²) in [6.45, 7) is 7.08. The van der Waals surface area contributed by atoms with Crippen LogP contribution in [0.15, 0.2) is 16.3 Å². The van der Waals surface area contributed by atoms with Crippen molar-refractivity contribution in [2.45, 2.75) is 33.6 Å². The van der Waals surface area contributed by atoms with Gasteiger partial charge in [0.15, 0.2) is 0 Å². The second kappa shape index (κ2) is 3.79. The van der Waals surface area contributed by atoms with Crippen molar-refractivity contribution >= 4 is 11.8 Å². The monoisotopic (exact) mass is 201 g/mol. The van der Waals surface area contributed by atoms with E-state index in [1.165, 1.54) is 12.8 Å². The second-order valence-electron chi connectivity index (χ2n) is 4.52. The highest BCUT2D eigenvalue weighted by Crippen LogP contribution is 2.62. The van der Waals surface area contributed by atoms with Crippen molar-refractivity contribution in [3.63, 3.8) is 0 Å². The minimum Gasteiger partial charge on any atom is -0.131 e. The molecule has 74 valence electrons. The summed E-state index contributed by atoms with van der Waals surface area (Å²) < 4.78 is 1.72. The molecule has 0 radical (unpaired) electrons. The highest BCUT2D eigenvalue weighted by atomic mass is 35.5. The first-order valence-corrected chi connectivity index (χ1v) is 5.03. The number of nitrogens with zero attached hydrogens (tertiary/aromatic N) is 1. The molecule has 2 rings (SSSR count). The van der Waals surface area contributed by atoms with Crippen molar-refractivity contribution < 1.29 is 0 Å². The Bertz CT molecular complexity index is 235. The van der Waals surface area contributed by atoms with Crippen molar-refractivity contribution in [3.05, 3.63) is 16.6 Å². The zero-order chi connectivity index (χ0) is 10.1. The van der Waals surface area contributed by atoms with Crippen LogP contribution in [0, 0.1) is 22.2 Å². The minimum absolute atomic E-state index is 0.588. The van der Waals surface area contributed by atoms with E-state index >= 15 is 0 Å². The molecule has 2 unspecified atom stereocenters. The lowest BCUT2D eigenvalue weighted by molar-refractivity contribution is 0.488. The highest BCUT2D eigenvalue weighted by Gasteiger charge is 2.52. The molecule has 1 fully saturated rings. The topological polar surface area (TPSA) is 29.4 Å². The Morgan fingerprint density at radius 1 is 1.54 bits per heavy atom. The maximum atomic E-state index is 8.32. The van der Waals surface area contributed by atoms with Crippen LogP contribution in [0.5, 0.6) is 0 Å². The van der Waals surface area contributed by atoms with Crippen LogP contribution >= 0.6 is 11.8 Å². The van der Waals surface area contributed by atoms with Gasteiger partial charge >= 0.3 is 0 Å². The third-order valence-corrected chi connectivity index (χ3v) is 3.28. The van der Waals surface area contributed by atoms with Gasteiger partial charge in [-0.1, -0.05) is 32.4 Å². The molecular formula is C10H16ClNO. The first-order valence-electron chi connectivity index (χ1n) is 4.69. The molecule has 0 aliphatic heterocycles. The molecule has 2 atom stereocenters. The minimum atomic E-state index is 0.588. The maximum absolute atomic E-state index is 8.32. The average Bonchev–Trinajstić information content (AvgIpc) is 2.55. The lowest BCUT2D eigenvalue weighted by Crippen LogP contribution is -1.95. The number of fused-ring (bicyclic) bond motifs is 1. The summed E-state index contributed by atoms with van der Waals surface area (Å²) in [7, 11) is 0. The quantitative estimate of drug-likeness (QED) is 0.432. The Morgan fingerprint density at radius 2 is 2.08 bits per heavy atom. The first kappa shape index (κ1) is 10.7. The van der Waals surface area contributed by atoms with Gasteiger partial charge in [0.2, 0.25) is 0 Å². The number of rotatable bonds is 0. The Kier molecular flexibility index (Phi) is 3.12. The SMILES string of the molecule is CC1C=C2C(CC1)C2(C)C.O=NCl. The fourth-order valence-corrected chi connectivity index (χ4v) is 2.34. The van der Waals surface area contributed by atoms with Gasteiger partial charge in [0.05, 0.1) is 11.8 Å². The van der Waals surface area contributed by atoms with Crippen LogP contribution in [-0.4, -0.2) is 0 Å². The number of hydrogen-bond donors (Lipinski definition) is 0. The normalized spacial score (nSPS) is 33.4. The molecule has 2 nitrogen and oxygen atoms in total. The van der Waals surface area contributed by atoms with Crippen LogP contribution < -0.4 is 0 Å². The summed E-state index contributed by atoms with van der Waals surface area (Å²) in [4.78, 5) is 8.32. The van der Waals surface area contributed by atoms with Gasteiger partial charge in [-0.15, -0.1) is 4.91 Å². The molecule has 0 spiro atoms. The van der Waals surface area contributed by atoms with Crippen molar-refractivity contribution in [3.8, 4) is 0 Å². The van der Waals surface area contributed by atoms with E-state index in [1.807, 2.05) is 0 Å². The van der Waals surface area contributed by atoms with E-state index < -0.39 is 0 Å². The van der Waals surface area contributed by atoms with Crippen LogP contribution in [0.25, 0.3) is 0 Å². The summed E-state index contributed by atoms with van der Waals surface area (Å²) >= 11 is 4.07. The molecule has 0 bridgehead atoms. The van der Waals surface area contributed by atoms with Gasteiger partial charge in [0.1, 0.15) is 0 Å². The standard InChI is InChI=1S/C10H16.ClNO/c1-7-4-5-8-9(6-7)10(8,2)3;1-2-3/h6-8H,4-5H2,1-3H3;. The third-order valence-electron chi connectivity index (χ3n) is 3.28. The third kappa shape index (κ3) is 2.11. The van der Waals surface area contributed by atoms with Crippen molar-refractivity contribution in [2.24, 2.45) is 21.9 Å². The average molecular weight is 202 g/mol. The predicted molar refractivity (Wildman–Crippen MR) is 55.4 cm³/mol. The summed E-state index contributed by atoms with van der Waals surface area (Å²) in [5.41, 5.74) is 2.33. The van der Waals surface area contributed by atoms with Gasteiger partial charge in [0.25, 0.3) is 0 Å². The number of halogens is 1. The predicted octanol–water partition coefficient (Wildman–Crippen LogP) is 3.91. The van der Waals surface area contributed by atoms with Gasteiger partial charge in [-0.05, 0) is 30.1 Å². The van der Waals surface area contributed by atoms with Gasteiger partial charge in [-0.2, -0.15) is 0 Å². The lowest BCUT2D eigenvalue weighted by atomic mass is 9.98. The van der Waals surface area contributed by atoms with Crippen LogP contribution in [0.4, 0.5) is 0 Å². The molecule has 0 amide bonds. The zero-order valence-corrected chi connectivity index (χ0v) is 9.14. The molecule has 0 saturated heterocycles. The Hall–Kier alpha value is -0.370. The van der Waals surface area contributed by atoms with E-state index in [4.69, 9.17) is 4.91 Å². The largest absolute Gasteiger partial charge is 0.131 e. The zero-order valence-electron chi connectivity index (χ0n) is 8.38. The lowest BCUT2D eigenvalue weighted by Gasteiger charge is -2.08. The summed E-state index contributed by atoms with van der Waals surface area (Å²) in [5, 5.41) is 0. The van der Waals surface area contributed by atoms with E-state index in [0.29, 0.717) is 5.41 Å². The summed E-state index contributed by atoms with van der Waals surface area (Å²) in [5.74, 6) is 1.82. The van der Waals surface area contributed by atoms with E-state index in [1.54, 1.807) is 10.3 Å². The fourth-order valence-electron chi connectivity index (χ4n) is 2.34. The Morgan fingerprint density at radius 3 is 2.46 bits per heavy atom. The van der Waals surface area contributed by atoms with Gasteiger partial charge in [0, 0.05) is 4.70 Å². The van der Waals surface area contributed by atoms with Crippen LogP contribution in [-0.2, 0) is 0 Å². The van der Waals surface area contributed by atoms with Crippen molar-refractivity contribution in [2.75, 3.05) is 0 Å². The van der Waals surface area contributed by atoms with Crippen LogP contribution in [0.3, 0.4) is 0 Å². The van der Waals surface area contributed by atoms with E-state index in [0.717, 1.165) is 11.8 Å². The number of nitroso groups, excluding NO2 is 1. The van der Waals surface area contributed by atoms with E-state index in [-0.39, 0.29) is 0 Å². The molecule has 0 aromatic heterocycles.